The largest absolute Gasteiger partial charge is 0.483 e. The molecule has 1 fully saturated rings. The van der Waals surface area contributed by atoms with E-state index in [-0.39, 0.29) is 12.5 Å². The second-order valence-electron chi connectivity index (χ2n) is 7.17. The van der Waals surface area contributed by atoms with Crippen molar-refractivity contribution in [2.24, 2.45) is 11.7 Å². The fraction of sp³-hybridized carbons (Fsp3) is 0.364. The Bertz CT molecular complexity index is 787. The van der Waals surface area contributed by atoms with Gasteiger partial charge in [-0.3, -0.25) is 14.5 Å². The molecule has 0 bridgehead atoms. The predicted molar refractivity (Wildman–Crippen MR) is 108 cm³/mol. The molecule has 0 atom stereocenters. The van der Waals surface area contributed by atoms with Crippen molar-refractivity contribution in [3.8, 4) is 5.75 Å². The van der Waals surface area contributed by atoms with Crippen LogP contribution in [0.1, 0.15) is 28.8 Å². The van der Waals surface area contributed by atoms with Crippen LogP contribution in [0.25, 0.3) is 0 Å². The highest BCUT2D eigenvalue weighted by Gasteiger charge is 2.21. The Kier molecular flexibility index (Phi) is 7.03. The van der Waals surface area contributed by atoms with Crippen LogP contribution in [-0.4, -0.2) is 43.0 Å². The molecule has 1 saturated heterocycles. The summed E-state index contributed by atoms with van der Waals surface area (Å²) in [6.07, 6.45) is 2.12. The standard InChI is InChI=1S/C22H27N3O3/c23-21(26)16-28-20-9-5-4-8-19(20)22(27)24-14-17-10-12-25(13-11-17)15-18-6-2-1-3-7-18/h1-9,17H,10-16H2,(H2,23,26)(H,24,27). The molecule has 2 aromatic carbocycles. The number of carbonyl (C=O) groups is 2. The summed E-state index contributed by atoms with van der Waals surface area (Å²) in [5.74, 6) is 0.0791. The molecule has 6 heteroatoms. The van der Waals surface area contributed by atoms with E-state index in [4.69, 9.17) is 10.5 Å². The maximum Gasteiger partial charge on any atom is 0.255 e. The first-order chi connectivity index (χ1) is 13.6. The Balaban J connectivity index is 1.45. The number of piperidine rings is 1. The Morgan fingerprint density at radius 1 is 1.04 bits per heavy atom. The third-order valence-electron chi connectivity index (χ3n) is 5.01. The molecule has 0 aromatic heterocycles. The number of benzene rings is 2. The first-order valence-electron chi connectivity index (χ1n) is 9.66. The van der Waals surface area contributed by atoms with Crippen molar-refractivity contribution >= 4 is 11.8 Å². The minimum absolute atomic E-state index is 0.188. The van der Waals surface area contributed by atoms with Gasteiger partial charge in [-0.1, -0.05) is 42.5 Å². The van der Waals surface area contributed by atoms with Crippen LogP contribution in [0.5, 0.6) is 5.75 Å². The number of nitrogens with one attached hydrogen (secondary N) is 1. The van der Waals surface area contributed by atoms with E-state index in [1.165, 1.54) is 5.56 Å². The van der Waals surface area contributed by atoms with Crippen LogP contribution >= 0.6 is 0 Å². The summed E-state index contributed by atoms with van der Waals surface area (Å²) in [5, 5.41) is 3.01. The topological polar surface area (TPSA) is 84.7 Å². The molecule has 1 aliphatic rings. The number of likely N-dealkylation sites (tertiary alicyclic amines) is 1. The zero-order valence-corrected chi connectivity index (χ0v) is 16.0. The molecule has 1 aliphatic heterocycles. The summed E-state index contributed by atoms with van der Waals surface area (Å²) < 4.78 is 5.34. The Morgan fingerprint density at radius 2 is 1.71 bits per heavy atom. The number of nitrogens with zero attached hydrogens (tertiary/aromatic N) is 1. The molecule has 0 saturated carbocycles. The van der Waals surface area contributed by atoms with Gasteiger partial charge in [-0.2, -0.15) is 0 Å². The number of primary amides is 1. The second-order valence-corrected chi connectivity index (χ2v) is 7.17. The highest BCUT2D eigenvalue weighted by Crippen LogP contribution is 2.20. The molecule has 1 heterocycles. The van der Waals surface area contributed by atoms with Crippen LogP contribution in [0.15, 0.2) is 54.6 Å². The Hall–Kier alpha value is -2.86. The number of rotatable bonds is 8. The molecule has 2 amide bonds. The lowest BCUT2D eigenvalue weighted by molar-refractivity contribution is -0.119. The normalized spacial score (nSPS) is 15.1. The van der Waals surface area contributed by atoms with Crippen molar-refractivity contribution in [2.45, 2.75) is 19.4 Å². The minimum atomic E-state index is -0.572. The smallest absolute Gasteiger partial charge is 0.255 e. The van der Waals surface area contributed by atoms with Gasteiger partial charge in [-0.15, -0.1) is 0 Å². The van der Waals surface area contributed by atoms with Crippen molar-refractivity contribution in [3.05, 3.63) is 65.7 Å². The van der Waals surface area contributed by atoms with Crippen LogP contribution in [-0.2, 0) is 11.3 Å². The van der Waals surface area contributed by atoms with Crippen LogP contribution in [0.2, 0.25) is 0 Å². The van der Waals surface area contributed by atoms with E-state index < -0.39 is 5.91 Å². The highest BCUT2D eigenvalue weighted by molar-refractivity contribution is 5.97. The first-order valence-corrected chi connectivity index (χ1v) is 9.66. The van der Waals surface area contributed by atoms with Crippen LogP contribution < -0.4 is 15.8 Å². The van der Waals surface area contributed by atoms with Gasteiger partial charge in [-0.25, -0.2) is 0 Å². The summed E-state index contributed by atoms with van der Waals surface area (Å²) in [4.78, 5) is 25.9. The maximum absolute atomic E-state index is 12.5. The number of ether oxygens (including phenoxy) is 1. The van der Waals surface area contributed by atoms with Crippen LogP contribution in [0.4, 0.5) is 0 Å². The zero-order chi connectivity index (χ0) is 19.8. The molecule has 2 aromatic rings. The SMILES string of the molecule is NC(=O)COc1ccccc1C(=O)NCC1CCN(Cc2ccccc2)CC1. The molecule has 3 rings (SSSR count). The summed E-state index contributed by atoms with van der Waals surface area (Å²) in [6, 6.07) is 17.4. The fourth-order valence-corrected chi connectivity index (χ4v) is 3.45. The highest BCUT2D eigenvalue weighted by atomic mass is 16.5. The monoisotopic (exact) mass is 381 g/mol. The summed E-state index contributed by atoms with van der Waals surface area (Å²) >= 11 is 0. The van der Waals surface area contributed by atoms with E-state index in [9.17, 15) is 9.59 Å². The van der Waals surface area contributed by atoms with Gasteiger partial charge < -0.3 is 15.8 Å². The van der Waals surface area contributed by atoms with E-state index in [0.29, 0.717) is 23.8 Å². The molecular weight excluding hydrogens is 354 g/mol. The fourth-order valence-electron chi connectivity index (χ4n) is 3.45. The van der Waals surface area contributed by atoms with E-state index >= 15 is 0 Å². The van der Waals surface area contributed by atoms with E-state index in [2.05, 4.69) is 34.5 Å². The maximum atomic E-state index is 12.5. The number of carbonyl (C=O) groups excluding carboxylic acids is 2. The number of para-hydroxylation sites is 1. The van der Waals surface area contributed by atoms with Crippen LogP contribution in [0, 0.1) is 5.92 Å². The lowest BCUT2D eigenvalue weighted by atomic mass is 9.96. The van der Waals surface area contributed by atoms with Crippen molar-refractivity contribution in [3.63, 3.8) is 0 Å². The zero-order valence-electron chi connectivity index (χ0n) is 16.0. The molecule has 0 unspecified atom stereocenters. The average molecular weight is 381 g/mol. The number of nitrogens with two attached hydrogens (primary N) is 1. The number of hydrogen-bond donors (Lipinski definition) is 2. The quantitative estimate of drug-likeness (QED) is 0.734. The Morgan fingerprint density at radius 3 is 2.43 bits per heavy atom. The van der Waals surface area contributed by atoms with Crippen molar-refractivity contribution in [1.82, 2.24) is 10.2 Å². The first kappa shape index (κ1) is 19.9. The summed E-state index contributed by atoms with van der Waals surface area (Å²) in [6.45, 7) is 3.44. The van der Waals surface area contributed by atoms with Crippen molar-refractivity contribution < 1.29 is 14.3 Å². The van der Waals surface area contributed by atoms with Crippen LogP contribution in [0.3, 0.4) is 0 Å². The lowest BCUT2D eigenvalue weighted by Crippen LogP contribution is -2.38. The van der Waals surface area contributed by atoms with Gasteiger partial charge in [0.1, 0.15) is 5.75 Å². The average Bonchev–Trinajstić information content (AvgIpc) is 2.72. The molecule has 3 N–H and O–H groups in total. The summed E-state index contributed by atoms with van der Waals surface area (Å²) in [7, 11) is 0. The molecule has 0 radical (unpaired) electrons. The molecule has 0 spiro atoms. The van der Waals surface area contributed by atoms with Gasteiger partial charge in [-0.05, 0) is 49.5 Å². The van der Waals surface area contributed by atoms with E-state index in [0.717, 1.165) is 32.5 Å². The summed E-state index contributed by atoms with van der Waals surface area (Å²) in [5.41, 5.74) is 6.87. The van der Waals surface area contributed by atoms with Gasteiger partial charge in [0.25, 0.3) is 11.8 Å². The molecule has 6 nitrogen and oxygen atoms in total. The predicted octanol–water partition coefficient (Wildman–Crippen LogP) is 2.19. The number of amides is 2. The minimum Gasteiger partial charge on any atom is -0.483 e. The van der Waals surface area contributed by atoms with Gasteiger partial charge in [0.15, 0.2) is 6.61 Å². The molecule has 28 heavy (non-hydrogen) atoms. The number of hydrogen-bond acceptors (Lipinski definition) is 4. The van der Waals surface area contributed by atoms with Crippen molar-refractivity contribution in [2.75, 3.05) is 26.2 Å². The third-order valence-corrected chi connectivity index (χ3v) is 5.01. The lowest BCUT2D eigenvalue weighted by Gasteiger charge is -2.32. The molecular formula is C22H27N3O3. The molecule has 0 aliphatic carbocycles. The third kappa shape index (κ3) is 5.82. The van der Waals surface area contributed by atoms with Gasteiger partial charge >= 0.3 is 0 Å². The molecule has 148 valence electrons. The van der Waals surface area contributed by atoms with E-state index in [1.54, 1.807) is 24.3 Å². The van der Waals surface area contributed by atoms with Gasteiger partial charge in [0.2, 0.25) is 0 Å². The van der Waals surface area contributed by atoms with Crippen molar-refractivity contribution in [1.29, 1.82) is 0 Å². The second kappa shape index (κ2) is 9.90. The van der Waals surface area contributed by atoms with Gasteiger partial charge in [0.05, 0.1) is 5.56 Å². The Labute approximate surface area is 165 Å². The van der Waals surface area contributed by atoms with Gasteiger partial charge in [0, 0.05) is 13.1 Å². The van der Waals surface area contributed by atoms with E-state index in [1.807, 2.05) is 6.07 Å².